The molecule has 0 aliphatic carbocycles. The molecule has 8 heavy (non-hydrogen) atoms. The first-order chi connectivity index (χ1) is 3.77. The van der Waals surface area contributed by atoms with Crippen LogP contribution in [0.2, 0.25) is 0 Å². The summed E-state index contributed by atoms with van der Waals surface area (Å²) in [5.41, 5.74) is 0. The fraction of sp³-hybridized carbons (Fsp3) is 0.400. The Labute approximate surface area is 47.3 Å². The first-order valence-electron chi connectivity index (χ1n) is 2.25. The molecule has 0 heterocycles. The Morgan fingerprint density at radius 1 is 1.75 bits per heavy atom. The van der Waals surface area contributed by atoms with Gasteiger partial charge in [0.1, 0.15) is 0 Å². The fourth-order valence-electron chi connectivity index (χ4n) is 0.254. The van der Waals surface area contributed by atoms with Crippen LogP contribution in [-0.2, 0) is 4.79 Å². The molecule has 0 bridgehead atoms. The zero-order chi connectivity index (χ0) is 6.41. The first kappa shape index (κ1) is 7.17. The Bertz CT molecular complexity index is 95.8. The van der Waals surface area contributed by atoms with Crippen LogP contribution in [0.5, 0.6) is 0 Å². The minimum atomic E-state index is -1.22. The van der Waals surface area contributed by atoms with E-state index in [2.05, 4.69) is 0 Å². The Balaban J connectivity index is 3.20. The van der Waals surface area contributed by atoms with E-state index in [0.717, 1.165) is 6.08 Å². The van der Waals surface area contributed by atoms with Gasteiger partial charge in [-0.1, -0.05) is 6.08 Å². The minimum Gasteiger partial charge on any atom is -0.545 e. The maximum absolute atomic E-state index is 9.59. The molecule has 0 aromatic heterocycles. The molecule has 0 fully saturated rings. The number of rotatable bonds is 3. The standard InChI is InChI=1S/C5H8O3/c6-4-2-1-3-5(7)8/h1,3,6H,2,4H2,(H,7,8)/p-1/b3-1+. The van der Waals surface area contributed by atoms with Crippen molar-refractivity contribution in [2.24, 2.45) is 0 Å². The highest BCUT2D eigenvalue weighted by Gasteiger charge is 1.72. The molecule has 0 unspecified atom stereocenters. The van der Waals surface area contributed by atoms with Gasteiger partial charge in [0.15, 0.2) is 0 Å². The second-order valence-corrected chi connectivity index (χ2v) is 1.23. The molecule has 0 saturated carbocycles. The largest absolute Gasteiger partial charge is 0.545 e. The van der Waals surface area contributed by atoms with Crippen molar-refractivity contribution in [2.45, 2.75) is 6.42 Å². The highest BCUT2D eigenvalue weighted by atomic mass is 16.4. The normalized spacial score (nSPS) is 10.1. The number of carboxylic acid groups (broad SMARTS) is 1. The van der Waals surface area contributed by atoms with Crippen LogP contribution in [0.15, 0.2) is 12.2 Å². The molecule has 0 aliphatic heterocycles. The van der Waals surface area contributed by atoms with E-state index in [4.69, 9.17) is 5.11 Å². The van der Waals surface area contributed by atoms with Gasteiger partial charge in [-0.2, -0.15) is 0 Å². The van der Waals surface area contributed by atoms with E-state index in [0.29, 0.717) is 6.42 Å². The maximum atomic E-state index is 9.59. The van der Waals surface area contributed by atoms with Crippen molar-refractivity contribution in [2.75, 3.05) is 6.61 Å². The SMILES string of the molecule is O=C([O-])/C=C/CCO. The van der Waals surface area contributed by atoms with E-state index in [9.17, 15) is 9.90 Å². The number of aliphatic carboxylic acids is 1. The third-order valence-corrected chi connectivity index (χ3v) is 0.550. The second kappa shape index (κ2) is 4.33. The highest BCUT2D eigenvalue weighted by molar-refractivity contribution is 5.77. The predicted octanol–water partition coefficient (Wildman–Crippen LogP) is -1.33. The van der Waals surface area contributed by atoms with E-state index in [-0.39, 0.29) is 6.61 Å². The van der Waals surface area contributed by atoms with Crippen molar-refractivity contribution >= 4 is 5.97 Å². The maximum Gasteiger partial charge on any atom is 0.0639 e. The summed E-state index contributed by atoms with van der Waals surface area (Å²) in [6, 6.07) is 0. The molecule has 0 spiro atoms. The zero-order valence-corrected chi connectivity index (χ0v) is 4.33. The lowest BCUT2D eigenvalue weighted by Crippen LogP contribution is -2.18. The molecule has 0 atom stereocenters. The minimum absolute atomic E-state index is 0.0240. The first-order valence-corrected chi connectivity index (χ1v) is 2.25. The molecule has 0 aliphatic rings. The molecule has 0 amide bonds. The molecule has 0 saturated heterocycles. The number of hydrogen-bond donors (Lipinski definition) is 1. The number of aliphatic hydroxyl groups is 1. The monoisotopic (exact) mass is 115 g/mol. The van der Waals surface area contributed by atoms with Crippen molar-refractivity contribution < 1.29 is 15.0 Å². The lowest BCUT2D eigenvalue weighted by Gasteiger charge is -1.87. The third kappa shape index (κ3) is 5.17. The smallest absolute Gasteiger partial charge is 0.0639 e. The van der Waals surface area contributed by atoms with E-state index >= 15 is 0 Å². The van der Waals surface area contributed by atoms with Gasteiger partial charge in [0.05, 0.1) is 5.97 Å². The van der Waals surface area contributed by atoms with Gasteiger partial charge in [-0.15, -0.1) is 0 Å². The Kier molecular flexibility index (Phi) is 3.88. The van der Waals surface area contributed by atoms with Gasteiger partial charge in [0, 0.05) is 6.61 Å². The van der Waals surface area contributed by atoms with E-state index in [1.54, 1.807) is 0 Å². The number of carboxylic acids is 1. The van der Waals surface area contributed by atoms with Gasteiger partial charge >= 0.3 is 0 Å². The Morgan fingerprint density at radius 2 is 2.38 bits per heavy atom. The van der Waals surface area contributed by atoms with Crippen molar-refractivity contribution in [3.63, 3.8) is 0 Å². The van der Waals surface area contributed by atoms with Crippen molar-refractivity contribution in [3.8, 4) is 0 Å². The van der Waals surface area contributed by atoms with Gasteiger partial charge in [0.2, 0.25) is 0 Å². The summed E-state index contributed by atoms with van der Waals surface area (Å²) in [4.78, 5) is 9.59. The fourth-order valence-corrected chi connectivity index (χ4v) is 0.254. The molecular weight excluding hydrogens is 108 g/mol. The molecule has 3 nitrogen and oxygen atoms in total. The van der Waals surface area contributed by atoms with Gasteiger partial charge in [0.25, 0.3) is 0 Å². The van der Waals surface area contributed by atoms with Crippen LogP contribution in [0, 0.1) is 0 Å². The molecule has 0 radical (unpaired) electrons. The molecule has 0 aromatic rings. The average molecular weight is 115 g/mol. The van der Waals surface area contributed by atoms with Gasteiger partial charge in [-0.25, -0.2) is 0 Å². The number of carbonyl (C=O) groups is 1. The number of hydrogen-bond acceptors (Lipinski definition) is 3. The van der Waals surface area contributed by atoms with Crippen molar-refractivity contribution in [1.82, 2.24) is 0 Å². The lowest BCUT2D eigenvalue weighted by atomic mass is 10.4. The molecule has 1 N–H and O–H groups in total. The summed E-state index contributed by atoms with van der Waals surface area (Å²) in [6.07, 6.45) is 2.61. The van der Waals surface area contributed by atoms with Crippen LogP contribution < -0.4 is 5.11 Å². The Morgan fingerprint density at radius 3 is 2.75 bits per heavy atom. The summed E-state index contributed by atoms with van der Waals surface area (Å²) < 4.78 is 0. The van der Waals surface area contributed by atoms with Crippen LogP contribution in [-0.4, -0.2) is 17.7 Å². The second-order valence-electron chi connectivity index (χ2n) is 1.23. The molecule has 0 rings (SSSR count). The Hall–Kier alpha value is -0.830. The summed E-state index contributed by atoms with van der Waals surface area (Å²) in [7, 11) is 0. The zero-order valence-electron chi connectivity index (χ0n) is 4.33. The quantitative estimate of drug-likeness (QED) is 0.464. The van der Waals surface area contributed by atoms with E-state index in [1.807, 2.05) is 0 Å². The topological polar surface area (TPSA) is 60.4 Å². The summed E-state index contributed by atoms with van der Waals surface area (Å²) in [6.45, 7) is -0.0240. The number of carbonyl (C=O) groups excluding carboxylic acids is 1. The summed E-state index contributed by atoms with van der Waals surface area (Å²) >= 11 is 0. The van der Waals surface area contributed by atoms with Crippen LogP contribution >= 0.6 is 0 Å². The van der Waals surface area contributed by atoms with Gasteiger partial charge in [-0.05, 0) is 12.5 Å². The van der Waals surface area contributed by atoms with Crippen LogP contribution in [0.4, 0.5) is 0 Å². The predicted molar refractivity (Wildman–Crippen MR) is 25.8 cm³/mol. The van der Waals surface area contributed by atoms with Crippen molar-refractivity contribution in [1.29, 1.82) is 0 Å². The average Bonchev–Trinajstić information content (AvgIpc) is 1.66. The van der Waals surface area contributed by atoms with Gasteiger partial charge in [-0.3, -0.25) is 0 Å². The molecular formula is C5H7O3-. The lowest BCUT2D eigenvalue weighted by molar-refractivity contribution is -0.297. The van der Waals surface area contributed by atoms with E-state index in [1.165, 1.54) is 6.08 Å². The molecule has 46 valence electrons. The highest BCUT2D eigenvalue weighted by Crippen LogP contribution is 1.77. The van der Waals surface area contributed by atoms with Crippen LogP contribution in [0.1, 0.15) is 6.42 Å². The van der Waals surface area contributed by atoms with Crippen LogP contribution in [0.25, 0.3) is 0 Å². The van der Waals surface area contributed by atoms with Crippen LogP contribution in [0.3, 0.4) is 0 Å². The van der Waals surface area contributed by atoms with Crippen molar-refractivity contribution in [3.05, 3.63) is 12.2 Å². The summed E-state index contributed by atoms with van der Waals surface area (Å²) in [5.74, 6) is -1.22. The summed E-state index contributed by atoms with van der Waals surface area (Å²) in [5, 5.41) is 17.7. The molecule has 3 heteroatoms. The van der Waals surface area contributed by atoms with E-state index < -0.39 is 5.97 Å². The van der Waals surface area contributed by atoms with Gasteiger partial charge < -0.3 is 15.0 Å². The number of aliphatic hydroxyl groups excluding tert-OH is 1. The molecule has 0 aromatic carbocycles. The third-order valence-electron chi connectivity index (χ3n) is 0.550.